The molecule has 1 aromatic carbocycles. The van der Waals surface area contributed by atoms with Crippen LogP contribution in [0.3, 0.4) is 0 Å². The highest BCUT2D eigenvalue weighted by Crippen LogP contribution is 2.16. The fourth-order valence-corrected chi connectivity index (χ4v) is 2.05. The maximum absolute atomic E-state index is 13.5. The number of nitrogens with zero attached hydrogens (tertiary/aromatic N) is 1. The minimum atomic E-state index is -1.18. The summed E-state index contributed by atoms with van der Waals surface area (Å²) in [5.74, 6) is -1.85. The second-order valence-corrected chi connectivity index (χ2v) is 4.61. The maximum Gasteiger partial charge on any atom is 0.335 e. The summed E-state index contributed by atoms with van der Waals surface area (Å²) in [6.45, 7) is 1.51. The van der Waals surface area contributed by atoms with Gasteiger partial charge in [-0.25, -0.2) is 19.0 Å². The standard InChI is InChI=1S/C13H16FN3O3/c14-10-5-4-9(12(18)19)8-11(10)15-13(20)16-17-6-2-1-3-7-17/h4-5,8H,1-3,6-7H2,(H,18,19)(H2,15,16,20). The smallest absolute Gasteiger partial charge is 0.335 e. The number of piperidine rings is 1. The highest BCUT2D eigenvalue weighted by Gasteiger charge is 2.15. The van der Waals surface area contributed by atoms with Gasteiger partial charge in [0.25, 0.3) is 0 Å². The van der Waals surface area contributed by atoms with E-state index in [-0.39, 0.29) is 11.3 Å². The monoisotopic (exact) mass is 281 g/mol. The highest BCUT2D eigenvalue weighted by atomic mass is 19.1. The lowest BCUT2D eigenvalue weighted by molar-refractivity contribution is 0.0697. The van der Waals surface area contributed by atoms with E-state index >= 15 is 0 Å². The first-order valence-corrected chi connectivity index (χ1v) is 6.41. The molecule has 0 aromatic heterocycles. The Balaban J connectivity index is 1.99. The van der Waals surface area contributed by atoms with Crippen LogP contribution in [0.2, 0.25) is 0 Å². The fraction of sp³-hybridized carbons (Fsp3) is 0.385. The van der Waals surface area contributed by atoms with Gasteiger partial charge in [-0.1, -0.05) is 6.42 Å². The molecule has 1 heterocycles. The Morgan fingerprint density at radius 3 is 2.55 bits per heavy atom. The third-order valence-electron chi connectivity index (χ3n) is 3.08. The van der Waals surface area contributed by atoms with E-state index in [1.807, 2.05) is 0 Å². The van der Waals surface area contributed by atoms with Gasteiger partial charge in [-0.3, -0.25) is 5.43 Å². The lowest BCUT2D eigenvalue weighted by Gasteiger charge is -2.26. The summed E-state index contributed by atoms with van der Waals surface area (Å²) in [6.07, 6.45) is 3.14. The van der Waals surface area contributed by atoms with E-state index < -0.39 is 17.8 Å². The molecule has 7 heteroatoms. The lowest BCUT2D eigenvalue weighted by Crippen LogP contribution is -2.46. The van der Waals surface area contributed by atoms with Crippen molar-refractivity contribution in [1.29, 1.82) is 0 Å². The summed E-state index contributed by atoms with van der Waals surface area (Å²) < 4.78 is 13.5. The maximum atomic E-state index is 13.5. The number of amides is 2. The molecule has 1 aliphatic heterocycles. The molecule has 3 N–H and O–H groups in total. The Morgan fingerprint density at radius 1 is 1.20 bits per heavy atom. The molecular weight excluding hydrogens is 265 g/mol. The van der Waals surface area contributed by atoms with Gasteiger partial charge in [-0.05, 0) is 31.0 Å². The summed E-state index contributed by atoms with van der Waals surface area (Å²) in [4.78, 5) is 22.5. The van der Waals surface area contributed by atoms with Crippen molar-refractivity contribution in [3.8, 4) is 0 Å². The van der Waals surface area contributed by atoms with Gasteiger partial charge in [0, 0.05) is 13.1 Å². The molecule has 2 rings (SSSR count). The summed E-state index contributed by atoms with van der Waals surface area (Å²) in [5, 5.41) is 12.9. The predicted octanol–water partition coefficient (Wildman–Crippen LogP) is 2.05. The number of aromatic carboxylic acids is 1. The molecule has 0 atom stereocenters. The van der Waals surface area contributed by atoms with Crippen LogP contribution in [0.1, 0.15) is 29.6 Å². The molecule has 0 bridgehead atoms. The van der Waals surface area contributed by atoms with Gasteiger partial charge < -0.3 is 10.4 Å². The molecule has 0 saturated carbocycles. The number of carboxylic acids is 1. The van der Waals surface area contributed by atoms with Crippen LogP contribution < -0.4 is 10.7 Å². The van der Waals surface area contributed by atoms with Crippen LogP contribution in [-0.2, 0) is 0 Å². The Labute approximate surface area is 115 Å². The molecule has 0 aliphatic carbocycles. The molecule has 6 nitrogen and oxygen atoms in total. The number of rotatable bonds is 3. The van der Waals surface area contributed by atoms with Crippen molar-refractivity contribution in [2.24, 2.45) is 0 Å². The van der Waals surface area contributed by atoms with Crippen molar-refractivity contribution in [3.05, 3.63) is 29.6 Å². The van der Waals surface area contributed by atoms with Gasteiger partial charge in [0.2, 0.25) is 0 Å². The zero-order chi connectivity index (χ0) is 14.5. The number of benzene rings is 1. The van der Waals surface area contributed by atoms with Gasteiger partial charge in [-0.2, -0.15) is 0 Å². The number of hydrazine groups is 1. The zero-order valence-corrected chi connectivity index (χ0v) is 10.9. The quantitative estimate of drug-likeness (QED) is 0.792. The zero-order valence-electron chi connectivity index (χ0n) is 10.9. The number of carboxylic acid groups (broad SMARTS) is 1. The molecule has 1 saturated heterocycles. The normalized spacial score (nSPS) is 15.7. The molecule has 1 aliphatic rings. The Morgan fingerprint density at radius 2 is 1.90 bits per heavy atom. The van der Waals surface area contributed by atoms with E-state index in [1.54, 1.807) is 5.01 Å². The van der Waals surface area contributed by atoms with E-state index in [1.165, 1.54) is 0 Å². The fourth-order valence-electron chi connectivity index (χ4n) is 2.05. The first kappa shape index (κ1) is 14.3. The second-order valence-electron chi connectivity index (χ2n) is 4.61. The van der Waals surface area contributed by atoms with Crippen molar-refractivity contribution in [3.63, 3.8) is 0 Å². The molecular formula is C13H16FN3O3. The van der Waals surface area contributed by atoms with E-state index in [0.717, 1.165) is 50.6 Å². The van der Waals surface area contributed by atoms with Crippen LogP contribution in [0.25, 0.3) is 0 Å². The van der Waals surface area contributed by atoms with Crippen molar-refractivity contribution < 1.29 is 19.1 Å². The number of carbonyl (C=O) groups is 2. The Hall–Kier alpha value is -2.15. The van der Waals surface area contributed by atoms with Crippen LogP contribution >= 0.6 is 0 Å². The number of nitrogens with one attached hydrogen (secondary N) is 2. The molecule has 0 unspecified atom stereocenters. The predicted molar refractivity (Wildman–Crippen MR) is 70.9 cm³/mol. The minimum absolute atomic E-state index is 0.0836. The third kappa shape index (κ3) is 3.67. The average molecular weight is 281 g/mol. The molecule has 1 aromatic rings. The summed E-state index contributed by atoms with van der Waals surface area (Å²) >= 11 is 0. The molecule has 1 fully saturated rings. The SMILES string of the molecule is O=C(Nc1cc(C(=O)O)ccc1F)NN1CCCCC1. The van der Waals surface area contributed by atoms with Gasteiger partial charge in [0.15, 0.2) is 0 Å². The highest BCUT2D eigenvalue weighted by molar-refractivity contribution is 5.93. The molecule has 108 valence electrons. The van der Waals surface area contributed by atoms with E-state index in [4.69, 9.17) is 5.11 Å². The molecule has 0 spiro atoms. The van der Waals surface area contributed by atoms with Crippen LogP contribution in [0.4, 0.5) is 14.9 Å². The van der Waals surface area contributed by atoms with Crippen LogP contribution in [0, 0.1) is 5.82 Å². The van der Waals surface area contributed by atoms with Gasteiger partial charge in [-0.15, -0.1) is 0 Å². The second kappa shape index (κ2) is 6.33. The van der Waals surface area contributed by atoms with E-state index in [2.05, 4.69) is 10.7 Å². The van der Waals surface area contributed by atoms with Crippen molar-refractivity contribution in [2.75, 3.05) is 18.4 Å². The number of anilines is 1. The van der Waals surface area contributed by atoms with Crippen molar-refractivity contribution in [1.82, 2.24) is 10.4 Å². The van der Waals surface area contributed by atoms with E-state index in [9.17, 15) is 14.0 Å². The number of carbonyl (C=O) groups excluding carboxylic acids is 1. The van der Waals surface area contributed by atoms with Gasteiger partial charge >= 0.3 is 12.0 Å². The number of halogens is 1. The van der Waals surface area contributed by atoms with Crippen LogP contribution in [0.15, 0.2) is 18.2 Å². The topological polar surface area (TPSA) is 81.7 Å². The first-order chi connectivity index (χ1) is 9.56. The summed E-state index contributed by atoms with van der Waals surface area (Å²) in [5.41, 5.74) is 2.38. The van der Waals surface area contributed by atoms with Gasteiger partial charge in [0.1, 0.15) is 5.82 Å². The van der Waals surface area contributed by atoms with Crippen molar-refractivity contribution in [2.45, 2.75) is 19.3 Å². The number of hydrogen-bond acceptors (Lipinski definition) is 3. The summed E-state index contributed by atoms with van der Waals surface area (Å²) in [7, 11) is 0. The number of hydrogen-bond donors (Lipinski definition) is 3. The van der Waals surface area contributed by atoms with Gasteiger partial charge in [0.05, 0.1) is 11.3 Å². The Kier molecular flexibility index (Phi) is 4.52. The molecule has 0 radical (unpaired) electrons. The first-order valence-electron chi connectivity index (χ1n) is 6.41. The van der Waals surface area contributed by atoms with Crippen LogP contribution in [0.5, 0.6) is 0 Å². The average Bonchev–Trinajstić information content (AvgIpc) is 2.42. The molecule has 20 heavy (non-hydrogen) atoms. The number of urea groups is 1. The largest absolute Gasteiger partial charge is 0.478 e. The third-order valence-corrected chi connectivity index (χ3v) is 3.08. The minimum Gasteiger partial charge on any atom is -0.478 e. The molecule has 2 amide bonds. The summed E-state index contributed by atoms with van der Waals surface area (Å²) in [6, 6.07) is 2.67. The van der Waals surface area contributed by atoms with Crippen LogP contribution in [-0.4, -0.2) is 35.2 Å². The lowest BCUT2D eigenvalue weighted by atomic mass is 10.2. The van der Waals surface area contributed by atoms with Crippen molar-refractivity contribution >= 4 is 17.7 Å². The Bertz CT molecular complexity index is 516. The van der Waals surface area contributed by atoms with E-state index in [0.29, 0.717) is 0 Å².